The van der Waals surface area contributed by atoms with Gasteiger partial charge in [0.25, 0.3) is 0 Å². The molecule has 0 aromatic carbocycles. The van der Waals surface area contributed by atoms with E-state index in [4.69, 9.17) is 10.9 Å². The number of aromatic nitrogens is 2. The van der Waals surface area contributed by atoms with Crippen molar-refractivity contribution in [3.63, 3.8) is 0 Å². The average molecular weight is 187 g/mol. The fourth-order valence-corrected chi connectivity index (χ4v) is 0.834. The van der Waals surface area contributed by atoms with E-state index in [-0.39, 0.29) is 6.15 Å². The Labute approximate surface area is 74.9 Å². The number of aromatic amines is 1. The van der Waals surface area contributed by atoms with Gasteiger partial charge in [0.2, 0.25) is 0 Å². The lowest BCUT2D eigenvalue weighted by Crippen LogP contribution is -2.42. The van der Waals surface area contributed by atoms with Crippen molar-refractivity contribution in [3.8, 4) is 0 Å². The molecule has 1 aromatic heterocycles. The molecule has 1 rings (SSSR count). The number of H-pyrrole nitrogens is 1. The molecule has 74 valence electrons. The average Bonchev–Trinajstić information content (AvgIpc) is 2.51. The fraction of sp³-hybridized carbons (Fsp3) is 0.333. The number of hydrogen-bond acceptors (Lipinski definition) is 5. The molecule has 0 aliphatic heterocycles. The largest absolute Gasteiger partial charge is 0.480 e. The lowest BCUT2D eigenvalue weighted by molar-refractivity contribution is -0.139. The van der Waals surface area contributed by atoms with E-state index in [9.17, 15) is 4.79 Å². The molecule has 0 spiro atoms. The normalized spacial score (nSPS) is 11.8. The number of imidazole rings is 1. The monoisotopic (exact) mass is 187 g/mol. The molecule has 0 saturated heterocycles. The molecule has 0 saturated carbocycles. The fourth-order valence-electron chi connectivity index (χ4n) is 0.834. The minimum atomic E-state index is -0.980. The van der Waals surface area contributed by atoms with Gasteiger partial charge in [-0.25, -0.2) is 10.4 Å². The van der Waals surface area contributed by atoms with Gasteiger partial charge in [0.1, 0.15) is 6.04 Å². The highest BCUT2D eigenvalue weighted by atomic mass is 16.4. The van der Waals surface area contributed by atoms with E-state index in [1.165, 1.54) is 6.33 Å². The summed E-state index contributed by atoms with van der Waals surface area (Å²) in [6.45, 7) is 0. The van der Waals surface area contributed by atoms with Gasteiger partial charge in [-0.2, -0.15) is 0 Å². The van der Waals surface area contributed by atoms with E-state index in [1.54, 1.807) is 6.20 Å². The van der Waals surface area contributed by atoms with Crippen molar-refractivity contribution in [2.24, 2.45) is 5.84 Å². The number of carboxylic acids is 1. The standard InChI is InChI=1S/C6H10N4O2.H3N/c7-10-5(6(11)12)1-4-2-8-3-9-4;/h2-3,5,10H,1,7H2,(H,8,9)(H,11,12);1H3/t5-;/m0./s1. The summed E-state index contributed by atoms with van der Waals surface area (Å²) in [6.07, 6.45) is 3.35. The molecule has 7 nitrogen and oxygen atoms in total. The van der Waals surface area contributed by atoms with Crippen LogP contribution >= 0.6 is 0 Å². The van der Waals surface area contributed by atoms with Crippen LogP contribution in [0, 0.1) is 0 Å². The van der Waals surface area contributed by atoms with Crippen LogP contribution in [0.3, 0.4) is 0 Å². The summed E-state index contributed by atoms with van der Waals surface area (Å²) >= 11 is 0. The van der Waals surface area contributed by atoms with E-state index in [1.807, 2.05) is 0 Å². The van der Waals surface area contributed by atoms with Crippen LogP contribution in [0.1, 0.15) is 5.69 Å². The third-order valence-corrected chi connectivity index (χ3v) is 1.48. The minimum absolute atomic E-state index is 0. The van der Waals surface area contributed by atoms with E-state index < -0.39 is 12.0 Å². The van der Waals surface area contributed by atoms with E-state index >= 15 is 0 Å². The Balaban J connectivity index is 0.00000144. The maximum absolute atomic E-state index is 10.5. The van der Waals surface area contributed by atoms with Crippen molar-refractivity contribution in [2.45, 2.75) is 12.5 Å². The molecule has 0 unspecified atom stereocenters. The molecular formula is C6H13N5O2. The molecule has 8 N–H and O–H groups in total. The Morgan fingerprint density at radius 2 is 2.54 bits per heavy atom. The predicted molar refractivity (Wildman–Crippen MR) is 46.1 cm³/mol. The van der Waals surface area contributed by atoms with Crippen molar-refractivity contribution < 1.29 is 9.90 Å². The summed E-state index contributed by atoms with van der Waals surface area (Å²) in [5, 5.41) is 8.60. The van der Waals surface area contributed by atoms with Crippen LogP contribution in [0.2, 0.25) is 0 Å². The van der Waals surface area contributed by atoms with Gasteiger partial charge in [-0.3, -0.25) is 10.6 Å². The first kappa shape index (κ1) is 11.6. The van der Waals surface area contributed by atoms with Gasteiger partial charge >= 0.3 is 5.97 Å². The SMILES string of the molecule is N.NN[C@@H](Cc1cnc[nH]1)C(=O)O. The number of hydrogen-bond donors (Lipinski definition) is 5. The van der Waals surface area contributed by atoms with Gasteiger partial charge in [-0.05, 0) is 0 Å². The number of nitrogens with one attached hydrogen (secondary N) is 2. The third kappa shape index (κ3) is 3.20. The molecule has 0 aliphatic carbocycles. The van der Waals surface area contributed by atoms with Gasteiger partial charge in [0, 0.05) is 18.3 Å². The van der Waals surface area contributed by atoms with Gasteiger partial charge in [0.15, 0.2) is 0 Å². The molecule has 1 aromatic rings. The quantitative estimate of drug-likeness (QED) is 0.303. The van der Waals surface area contributed by atoms with Gasteiger partial charge in [-0.1, -0.05) is 0 Å². The summed E-state index contributed by atoms with van der Waals surface area (Å²) in [5.41, 5.74) is 2.93. The number of aliphatic carboxylic acids is 1. The Bertz CT molecular complexity index is 248. The smallest absolute Gasteiger partial charge is 0.322 e. The first-order chi connectivity index (χ1) is 5.74. The molecule has 1 atom stereocenters. The Hall–Kier alpha value is -1.44. The van der Waals surface area contributed by atoms with Gasteiger partial charge in [-0.15, -0.1) is 0 Å². The lowest BCUT2D eigenvalue weighted by Gasteiger charge is -2.08. The maximum Gasteiger partial charge on any atom is 0.322 e. The van der Waals surface area contributed by atoms with Gasteiger partial charge in [0.05, 0.1) is 6.33 Å². The van der Waals surface area contributed by atoms with Crippen LogP contribution in [0.5, 0.6) is 0 Å². The summed E-state index contributed by atoms with van der Waals surface area (Å²) in [5.74, 6) is 4.05. The second-order valence-corrected chi connectivity index (χ2v) is 2.34. The molecule has 0 amide bonds. The van der Waals surface area contributed by atoms with Crippen molar-refractivity contribution in [3.05, 3.63) is 18.2 Å². The number of hydrazine groups is 1. The second kappa shape index (κ2) is 5.25. The lowest BCUT2D eigenvalue weighted by atomic mass is 10.2. The first-order valence-corrected chi connectivity index (χ1v) is 3.40. The first-order valence-electron chi connectivity index (χ1n) is 3.40. The van der Waals surface area contributed by atoms with E-state index in [0.29, 0.717) is 6.42 Å². The van der Waals surface area contributed by atoms with Crippen molar-refractivity contribution in [2.75, 3.05) is 0 Å². The van der Waals surface area contributed by atoms with Crippen LogP contribution in [-0.4, -0.2) is 27.1 Å². The topological polar surface area (TPSA) is 139 Å². The zero-order chi connectivity index (χ0) is 8.97. The minimum Gasteiger partial charge on any atom is -0.480 e. The summed E-state index contributed by atoms with van der Waals surface area (Å²) in [6, 6.07) is -0.773. The molecule has 1 heterocycles. The Morgan fingerprint density at radius 1 is 1.85 bits per heavy atom. The molecule has 0 aliphatic rings. The number of rotatable bonds is 4. The molecule has 0 radical (unpaired) electrons. The maximum atomic E-state index is 10.5. The number of carboxylic acid groups (broad SMARTS) is 1. The second-order valence-electron chi connectivity index (χ2n) is 2.34. The molecule has 0 bridgehead atoms. The molecule has 13 heavy (non-hydrogen) atoms. The molecule has 7 heteroatoms. The number of nitrogens with two attached hydrogens (primary N) is 1. The van der Waals surface area contributed by atoms with Crippen LogP contribution in [0.25, 0.3) is 0 Å². The zero-order valence-corrected chi connectivity index (χ0v) is 7.03. The summed E-state index contributed by atoms with van der Waals surface area (Å²) in [4.78, 5) is 17.0. The van der Waals surface area contributed by atoms with Crippen LogP contribution in [0.4, 0.5) is 0 Å². The highest BCUT2D eigenvalue weighted by molar-refractivity contribution is 5.73. The Kier molecular flexibility index (Phi) is 4.67. The van der Waals surface area contributed by atoms with Crippen molar-refractivity contribution in [1.29, 1.82) is 0 Å². The van der Waals surface area contributed by atoms with E-state index in [2.05, 4.69) is 15.4 Å². The molecular weight excluding hydrogens is 174 g/mol. The molecule has 0 fully saturated rings. The highest BCUT2D eigenvalue weighted by Crippen LogP contribution is 1.96. The number of nitrogens with zero attached hydrogens (tertiary/aromatic N) is 1. The zero-order valence-electron chi connectivity index (χ0n) is 7.03. The van der Waals surface area contributed by atoms with Crippen LogP contribution in [0.15, 0.2) is 12.5 Å². The van der Waals surface area contributed by atoms with E-state index in [0.717, 1.165) is 5.69 Å². The van der Waals surface area contributed by atoms with Crippen molar-refractivity contribution >= 4 is 5.97 Å². The van der Waals surface area contributed by atoms with Gasteiger partial charge < -0.3 is 16.2 Å². The van der Waals surface area contributed by atoms with Crippen molar-refractivity contribution in [1.82, 2.24) is 21.5 Å². The number of carbonyl (C=O) groups is 1. The summed E-state index contributed by atoms with van der Waals surface area (Å²) in [7, 11) is 0. The Morgan fingerprint density at radius 3 is 2.92 bits per heavy atom. The highest BCUT2D eigenvalue weighted by Gasteiger charge is 2.15. The third-order valence-electron chi connectivity index (χ3n) is 1.48. The van der Waals surface area contributed by atoms with Crippen LogP contribution in [-0.2, 0) is 11.2 Å². The van der Waals surface area contributed by atoms with Crippen LogP contribution < -0.4 is 17.4 Å². The predicted octanol–water partition coefficient (Wildman–Crippen LogP) is -0.969. The summed E-state index contributed by atoms with van der Waals surface area (Å²) < 4.78 is 0.